The van der Waals surface area contributed by atoms with Crippen molar-refractivity contribution in [2.75, 3.05) is 5.32 Å². The number of anilines is 1. The molecule has 5 heteroatoms. The van der Waals surface area contributed by atoms with E-state index in [1.54, 1.807) is 0 Å². The lowest BCUT2D eigenvalue weighted by atomic mass is 9.93. The van der Waals surface area contributed by atoms with Crippen LogP contribution in [0.3, 0.4) is 0 Å². The highest BCUT2D eigenvalue weighted by atomic mass is 79.9. The van der Waals surface area contributed by atoms with Gasteiger partial charge in [-0.15, -0.1) is 0 Å². The summed E-state index contributed by atoms with van der Waals surface area (Å²) in [5.41, 5.74) is 8.98. The van der Waals surface area contributed by atoms with Gasteiger partial charge in [-0.25, -0.2) is 0 Å². The fourth-order valence-corrected chi connectivity index (χ4v) is 5.32. The third kappa shape index (κ3) is 2.72. The number of aromatic nitrogens is 1. The van der Waals surface area contributed by atoms with Gasteiger partial charge in [-0.3, -0.25) is 4.79 Å². The highest BCUT2D eigenvalue weighted by molar-refractivity contribution is 9.11. The van der Waals surface area contributed by atoms with Crippen LogP contribution in [0.4, 0.5) is 5.69 Å². The Balaban J connectivity index is 1.90. The van der Waals surface area contributed by atoms with E-state index >= 15 is 0 Å². The van der Waals surface area contributed by atoms with Gasteiger partial charge in [-0.2, -0.15) is 0 Å². The molecule has 2 aliphatic rings. The summed E-state index contributed by atoms with van der Waals surface area (Å²) in [6, 6.07) is 1.99. The van der Waals surface area contributed by atoms with Gasteiger partial charge in [0.2, 0.25) is 0 Å². The van der Waals surface area contributed by atoms with E-state index in [1.807, 2.05) is 19.1 Å². The zero-order valence-corrected chi connectivity index (χ0v) is 17.5. The highest BCUT2D eigenvalue weighted by Crippen LogP contribution is 2.43. The van der Waals surface area contributed by atoms with Gasteiger partial charge >= 0.3 is 0 Å². The number of aryl methyl sites for hydroxylation is 1. The maximum Gasteiger partial charge on any atom is 0.256 e. The molecule has 3 nitrogen and oxygen atoms in total. The van der Waals surface area contributed by atoms with Crippen LogP contribution >= 0.6 is 31.9 Å². The predicted octanol–water partition coefficient (Wildman–Crippen LogP) is 5.78. The highest BCUT2D eigenvalue weighted by Gasteiger charge is 2.30. The summed E-state index contributed by atoms with van der Waals surface area (Å²) in [5.74, 6) is -0.0356. The monoisotopic (exact) mass is 462 g/mol. The van der Waals surface area contributed by atoms with E-state index in [0.29, 0.717) is 0 Å². The van der Waals surface area contributed by atoms with Crippen LogP contribution in [0, 0.1) is 6.92 Å². The molecule has 25 heavy (non-hydrogen) atoms. The molecule has 0 atom stereocenters. The Bertz CT molecular complexity index is 925. The number of H-pyrrole nitrogens is 1. The Morgan fingerprint density at radius 1 is 1.20 bits per heavy atom. The Morgan fingerprint density at radius 2 is 1.96 bits per heavy atom. The zero-order chi connectivity index (χ0) is 17.7. The van der Waals surface area contributed by atoms with Crippen LogP contribution in [-0.4, -0.2) is 10.9 Å². The zero-order valence-electron chi connectivity index (χ0n) is 14.4. The molecule has 4 rings (SSSR count). The van der Waals surface area contributed by atoms with Gasteiger partial charge in [0.15, 0.2) is 0 Å². The first-order valence-corrected chi connectivity index (χ1v) is 10.3. The van der Waals surface area contributed by atoms with E-state index in [0.717, 1.165) is 56.3 Å². The average Bonchev–Trinajstić information content (AvgIpc) is 3.11. The van der Waals surface area contributed by atoms with Gasteiger partial charge in [-0.1, -0.05) is 22.9 Å². The third-order valence-electron chi connectivity index (χ3n) is 5.31. The minimum Gasteiger partial charge on any atom is -0.358 e. The minimum absolute atomic E-state index is 0.0356. The predicted molar refractivity (Wildman–Crippen MR) is 110 cm³/mol. The van der Waals surface area contributed by atoms with Crippen molar-refractivity contribution >= 4 is 55.1 Å². The fourth-order valence-electron chi connectivity index (χ4n) is 4.06. The SMILES string of the molecule is CCc1c(C=C2C(=O)Nc3c(Br)cc(Br)c(C)c32)[nH]c2c1CCCC2. The molecular formula is C20H20Br2N2O. The first-order chi connectivity index (χ1) is 12.0. The van der Waals surface area contributed by atoms with Crippen molar-refractivity contribution in [1.29, 1.82) is 0 Å². The molecule has 1 amide bonds. The number of carbonyl (C=O) groups is 1. The van der Waals surface area contributed by atoms with Crippen molar-refractivity contribution in [2.45, 2.75) is 46.0 Å². The Kier molecular flexibility index (Phi) is 4.40. The number of nitrogens with one attached hydrogen (secondary N) is 2. The van der Waals surface area contributed by atoms with E-state index in [2.05, 4.69) is 49.1 Å². The van der Waals surface area contributed by atoms with Gasteiger partial charge in [0.1, 0.15) is 0 Å². The van der Waals surface area contributed by atoms with Crippen LogP contribution in [-0.2, 0) is 24.1 Å². The second kappa shape index (κ2) is 6.44. The molecule has 1 aliphatic heterocycles. The van der Waals surface area contributed by atoms with Gasteiger partial charge < -0.3 is 10.3 Å². The topological polar surface area (TPSA) is 44.9 Å². The van der Waals surface area contributed by atoms with E-state index in [9.17, 15) is 4.79 Å². The molecule has 0 fully saturated rings. The van der Waals surface area contributed by atoms with Crippen LogP contribution in [0.15, 0.2) is 15.0 Å². The van der Waals surface area contributed by atoms with Crippen LogP contribution in [0.1, 0.15) is 53.4 Å². The van der Waals surface area contributed by atoms with Gasteiger partial charge in [0.25, 0.3) is 5.91 Å². The summed E-state index contributed by atoms with van der Waals surface area (Å²) < 4.78 is 1.90. The van der Waals surface area contributed by atoms with E-state index < -0.39 is 0 Å². The summed E-state index contributed by atoms with van der Waals surface area (Å²) in [4.78, 5) is 16.3. The number of amides is 1. The molecular weight excluding hydrogens is 444 g/mol. The molecule has 2 heterocycles. The van der Waals surface area contributed by atoms with Crippen LogP contribution in [0.25, 0.3) is 11.6 Å². The van der Waals surface area contributed by atoms with Gasteiger partial charge in [0.05, 0.1) is 11.3 Å². The molecule has 0 radical (unpaired) electrons. The quantitative estimate of drug-likeness (QED) is 0.544. The van der Waals surface area contributed by atoms with Crippen molar-refractivity contribution in [3.63, 3.8) is 0 Å². The number of aromatic amines is 1. The largest absolute Gasteiger partial charge is 0.358 e. The molecule has 1 aliphatic carbocycles. The Hall–Kier alpha value is -1.33. The first kappa shape index (κ1) is 17.1. The molecule has 0 unspecified atom stereocenters. The number of halogens is 2. The number of hydrogen-bond donors (Lipinski definition) is 2. The molecule has 0 saturated heterocycles. The van der Waals surface area contributed by atoms with Crippen molar-refractivity contribution in [3.05, 3.63) is 48.7 Å². The molecule has 0 saturated carbocycles. The Morgan fingerprint density at radius 3 is 2.72 bits per heavy atom. The van der Waals surface area contributed by atoms with Crippen molar-refractivity contribution in [2.24, 2.45) is 0 Å². The summed E-state index contributed by atoms with van der Waals surface area (Å²) >= 11 is 7.17. The smallest absolute Gasteiger partial charge is 0.256 e. The van der Waals surface area contributed by atoms with Gasteiger partial charge in [0, 0.05) is 25.9 Å². The van der Waals surface area contributed by atoms with Crippen molar-refractivity contribution < 1.29 is 4.79 Å². The van der Waals surface area contributed by atoms with Crippen LogP contribution < -0.4 is 5.32 Å². The standard InChI is InChI=1S/C20H20Br2N2O/c1-3-11-12-6-4-5-7-16(12)23-17(11)8-13-18-10(2)14(21)9-15(22)19(18)24-20(13)25/h8-9,23H,3-7H2,1-2H3,(H,24,25). The normalized spacial score (nSPS) is 17.6. The number of fused-ring (bicyclic) bond motifs is 2. The first-order valence-electron chi connectivity index (χ1n) is 8.75. The molecule has 0 spiro atoms. The Labute approximate surface area is 164 Å². The van der Waals surface area contributed by atoms with Gasteiger partial charge in [-0.05, 0) is 83.8 Å². The number of carbonyl (C=O) groups excluding carboxylic acids is 1. The lowest BCUT2D eigenvalue weighted by Gasteiger charge is -2.11. The molecule has 130 valence electrons. The fraction of sp³-hybridized carbons (Fsp3) is 0.350. The maximum absolute atomic E-state index is 12.7. The average molecular weight is 464 g/mol. The molecule has 2 N–H and O–H groups in total. The second-order valence-corrected chi connectivity index (χ2v) is 8.47. The lowest BCUT2D eigenvalue weighted by molar-refractivity contribution is -0.110. The maximum atomic E-state index is 12.7. The lowest BCUT2D eigenvalue weighted by Crippen LogP contribution is -2.04. The summed E-state index contributed by atoms with van der Waals surface area (Å²) in [6.07, 6.45) is 7.80. The summed E-state index contributed by atoms with van der Waals surface area (Å²) in [7, 11) is 0. The van der Waals surface area contributed by atoms with Crippen molar-refractivity contribution in [1.82, 2.24) is 4.98 Å². The van der Waals surface area contributed by atoms with Crippen LogP contribution in [0.2, 0.25) is 0 Å². The number of hydrogen-bond acceptors (Lipinski definition) is 1. The van der Waals surface area contributed by atoms with E-state index in [1.165, 1.54) is 29.7 Å². The van der Waals surface area contributed by atoms with E-state index in [-0.39, 0.29) is 5.91 Å². The molecule has 1 aromatic carbocycles. The minimum atomic E-state index is -0.0356. The van der Waals surface area contributed by atoms with E-state index in [4.69, 9.17) is 0 Å². The summed E-state index contributed by atoms with van der Waals surface area (Å²) in [6.45, 7) is 4.24. The number of benzene rings is 1. The number of rotatable bonds is 2. The molecule has 1 aromatic heterocycles. The molecule has 0 bridgehead atoms. The summed E-state index contributed by atoms with van der Waals surface area (Å²) in [5, 5.41) is 3.01. The molecule has 2 aromatic rings. The van der Waals surface area contributed by atoms with Crippen molar-refractivity contribution in [3.8, 4) is 0 Å². The third-order valence-corrected chi connectivity index (χ3v) is 6.76. The second-order valence-electron chi connectivity index (χ2n) is 6.76. The van der Waals surface area contributed by atoms with Crippen LogP contribution in [0.5, 0.6) is 0 Å².